The molecular weight excluding hydrogens is 477 g/mol. The molecule has 0 spiro atoms. The minimum atomic E-state index is -3.45. The van der Waals surface area contributed by atoms with Gasteiger partial charge in [-0.2, -0.15) is 0 Å². The van der Waals surface area contributed by atoms with Gasteiger partial charge in [0, 0.05) is 38.1 Å². The molecule has 4 amide bonds. The van der Waals surface area contributed by atoms with Crippen LogP contribution >= 0.6 is 0 Å². The summed E-state index contributed by atoms with van der Waals surface area (Å²) < 4.78 is 29.1. The zero-order chi connectivity index (χ0) is 25.9. The van der Waals surface area contributed by atoms with Gasteiger partial charge in [0.15, 0.2) is 5.78 Å². The van der Waals surface area contributed by atoms with Crippen LogP contribution in [0.3, 0.4) is 0 Å². The number of hydrogen-bond acceptors (Lipinski definition) is 8. The predicted molar refractivity (Wildman–Crippen MR) is 127 cm³/mol. The lowest BCUT2D eigenvalue weighted by atomic mass is 9.64. The maximum atomic E-state index is 13.2. The van der Waals surface area contributed by atoms with E-state index in [1.54, 1.807) is 6.92 Å². The van der Waals surface area contributed by atoms with Crippen LogP contribution in [0.1, 0.15) is 30.9 Å². The molecule has 2 aliphatic heterocycles. The Hall–Kier alpha value is -2.93. The van der Waals surface area contributed by atoms with E-state index in [1.807, 2.05) is 25.1 Å². The van der Waals surface area contributed by atoms with Crippen LogP contribution in [-0.2, 0) is 30.6 Å². The van der Waals surface area contributed by atoms with Crippen molar-refractivity contribution in [3.8, 4) is 5.75 Å². The van der Waals surface area contributed by atoms with Crippen LogP contribution in [0.4, 0.5) is 4.79 Å². The number of carbonyl (C=O) groups excluding carboxylic acids is 4. The number of carbonyl (C=O) groups is 4. The second-order valence-corrected chi connectivity index (χ2v) is 11.2. The molecule has 0 aromatic heterocycles. The molecule has 0 bridgehead atoms. The number of ketones is 1. The number of para-hydroxylation sites is 1. The predicted octanol–water partition coefficient (Wildman–Crippen LogP) is -0.0566. The lowest BCUT2D eigenvalue weighted by Crippen LogP contribution is -2.59. The minimum absolute atomic E-state index is 0.0391. The van der Waals surface area contributed by atoms with Crippen LogP contribution in [0.25, 0.3) is 0 Å². The van der Waals surface area contributed by atoms with Gasteiger partial charge in [-0.15, -0.1) is 0 Å². The molecule has 35 heavy (non-hydrogen) atoms. The number of likely N-dealkylation sites (N-methyl/N-ethyl adjacent to an activating group) is 1. The van der Waals surface area contributed by atoms with Crippen LogP contribution < -0.4 is 9.97 Å². The summed E-state index contributed by atoms with van der Waals surface area (Å²) in [7, 11) is -4.70. The van der Waals surface area contributed by atoms with Crippen LogP contribution in [0.15, 0.2) is 18.2 Å². The van der Waals surface area contributed by atoms with Crippen LogP contribution in [0, 0.1) is 6.92 Å². The molecule has 2 N–H and O–H groups in total. The smallest absolute Gasteiger partial charge is 0.526 e. The minimum Gasteiger partial charge on any atom is -0.536 e. The SMILES string of the molecule is CCN1CCN(C(=O)NC(CCS(C)(=O)=O)C(=O)C[C@H]2Cc3cccc(C)c3OB2O)C(=O)C1=O. The van der Waals surface area contributed by atoms with E-state index in [1.165, 1.54) is 4.90 Å². The first-order chi connectivity index (χ1) is 16.4. The second-order valence-electron chi connectivity index (χ2n) is 8.97. The number of imide groups is 1. The van der Waals surface area contributed by atoms with Crippen LogP contribution in [-0.4, -0.2) is 91.7 Å². The normalized spacial score (nSPS) is 19.2. The summed E-state index contributed by atoms with van der Waals surface area (Å²) in [5, 5.41) is 12.9. The van der Waals surface area contributed by atoms with Crippen molar-refractivity contribution in [2.75, 3.05) is 31.6 Å². The van der Waals surface area contributed by atoms with E-state index in [2.05, 4.69) is 5.32 Å². The number of aryl methyl sites for hydroxylation is 1. The lowest BCUT2D eigenvalue weighted by molar-refractivity contribution is -0.153. The van der Waals surface area contributed by atoms with Crippen molar-refractivity contribution >= 4 is 40.6 Å². The first-order valence-electron chi connectivity index (χ1n) is 11.5. The Bertz CT molecular complexity index is 1130. The maximum Gasteiger partial charge on any atom is 0.526 e. The zero-order valence-electron chi connectivity index (χ0n) is 20.0. The van der Waals surface area contributed by atoms with Crippen LogP contribution in [0.5, 0.6) is 5.75 Å². The van der Waals surface area contributed by atoms with Gasteiger partial charge in [-0.25, -0.2) is 13.2 Å². The number of benzene rings is 1. The highest BCUT2D eigenvalue weighted by Crippen LogP contribution is 2.36. The van der Waals surface area contributed by atoms with Gasteiger partial charge in [-0.1, -0.05) is 18.2 Å². The van der Waals surface area contributed by atoms with E-state index >= 15 is 0 Å². The van der Waals surface area contributed by atoms with Crippen molar-refractivity contribution in [1.29, 1.82) is 0 Å². The molecule has 2 aliphatic rings. The first-order valence-corrected chi connectivity index (χ1v) is 13.5. The molecule has 1 aromatic carbocycles. The Morgan fingerprint density at radius 1 is 1.26 bits per heavy atom. The summed E-state index contributed by atoms with van der Waals surface area (Å²) in [5.74, 6) is -2.73. The number of nitrogens with one attached hydrogen (secondary N) is 1. The molecule has 1 fully saturated rings. The van der Waals surface area contributed by atoms with Gasteiger partial charge in [-0.05, 0) is 37.8 Å². The summed E-state index contributed by atoms with van der Waals surface area (Å²) in [4.78, 5) is 52.5. The number of hydrogen-bond donors (Lipinski definition) is 2. The van der Waals surface area contributed by atoms with Gasteiger partial charge in [0.05, 0.1) is 11.8 Å². The number of Topliss-reactive ketones (excluding diaryl/α,β-unsaturated/α-hetero) is 1. The fourth-order valence-corrected chi connectivity index (χ4v) is 4.92. The Labute approximate surface area is 204 Å². The molecule has 2 atom stereocenters. The highest BCUT2D eigenvalue weighted by atomic mass is 32.2. The molecule has 0 aliphatic carbocycles. The number of nitrogens with zero attached hydrogens (tertiary/aromatic N) is 2. The average molecular weight is 507 g/mol. The van der Waals surface area contributed by atoms with Crippen molar-refractivity contribution in [3.05, 3.63) is 29.3 Å². The van der Waals surface area contributed by atoms with E-state index in [0.717, 1.165) is 22.3 Å². The molecule has 1 unspecified atom stereocenters. The summed E-state index contributed by atoms with van der Waals surface area (Å²) >= 11 is 0. The largest absolute Gasteiger partial charge is 0.536 e. The number of urea groups is 1. The Morgan fingerprint density at radius 2 is 1.97 bits per heavy atom. The second kappa shape index (κ2) is 10.8. The van der Waals surface area contributed by atoms with E-state index in [9.17, 15) is 32.6 Å². The summed E-state index contributed by atoms with van der Waals surface area (Å²) in [5.41, 5.74) is 1.69. The summed E-state index contributed by atoms with van der Waals surface area (Å²) in [6.45, 7) is 4.01. The van der Waals surface area contributed by atoms with E-state index in [-0.39, 0.29) is 31.7 Å². The molecule has 2 heterocycles. The Morgan fingerprint density at radius 3 is 2.63 bits per heavy atom. The van der Waals surface area contributed by atoms with Gasteiger partial charge in [-0.3, -0.25) is 19.3 Å². The number of piperazine rings is 1. The fourth-order valence-electron chi connectivity index (χ4n) is 4.26. The molecule has 1 aromatic rings. The van der Waals surface area contributed by atoms with Crippen molar-refractivity contribution in [3.63, 3.8) is 0 Å². The van der Waals surface area contributed by atoms with Gasteiger partial charge in [0.1, 0.15) is 15.6 Å². The number of amides is 4. The molecule has 190 valence electrons. The molecule has 13 heteroatoms. The van der Waals surface area contributed by atoms with E-state index < -0.39 is 52.4 Å². The maximum absolute atomic E-state index is 13.2. The monoisotopic (exact) mass is 507 g/mol. The van der Waals surface area contributed by atoms with Crippen LogP contribution in [0.2, 0.25) is 5.82 Å². The quantitative estimate of drug-likeness (QED) is 0.367. The van der Waals surface area contributed by atoms with E-state index in [0.29, 0.717) is 18.7 Å². The Kier molecular flexibility index (Phi) is 8.21. The fraction of sp³-hybridized carbons (Fsp3) is 0.545. The van der Waals surface area contributed by atoms with Crippen molar-refractivity contribution < 1.29 is 37.3 Å². The molecule has 1 saturated heterocycles. The molecule has 11 nitrogen and oxygen atoms in total. The van der Waals surface area contributed by atoms with Crippen molar-refractivity contribution in [2.24, 2.45) is 0 Å². The average Bonchev–Trinajstić information content (AvgIpc) is 2.78. The topological polar surface area (TPSA) is 150 Å². The molecule has 0 radical (unpaired) electrons. The van der Waals surface area contributed by atoms with Gasteiger partial charge in [0.2, 0.25) is 0 Å². The molecule has 3 rings (SSSR count). The summed E-state index contributed by atoms with van der Waals surface area (Å²) in [6.07, 6.45) is 0.989. The third kappa shape index (κ3) is 6.40. The highest BCUT2D eigenvalue weighted by molar-refractivity contribution is 7.90. The van der Waals surface area contributed by atoms with Crippen molar-refractivity contribution in [2.45, 2.75) is 45.0 Å². The standard InChI is InChI=1S/C22H30BN3O8S/c1-4-25-9-10-26(21(29)20(25)28)22(30)24-17(8-11-35(3,32)33)18(27)13-16-12-15-7-5-6-14(2)19(15)34-23(16)31/h5-7,16-17,31H,4,8-13H2,1-3H3,(H,24,30)/t16-,17?/m1/s1. The molecule has 0 saturated carbocycles. The van der Waals surface area contributed by atoms with Gasteiger partial charge < -0.3 is 19.9 Å². The highest BCUT2D eigenvalue weighted by Gasteiger charge is 2.40. The van der Waals surface area contributed by atoms with Gasteiger partial charge in [0.25, 0.3) is 0 Å². The zero-order valence-corrected chi connectivity index (χ0v) is 20.8. The molecular formula is C22H30BN3O8S. The third-order valence-corrected chi connectivity index (χ3v) is 7.26. The first kappa shape index (κ1) is 26.7. The van der Waals surface area contributed by atoms with E-state index in [4.69, 9.17) is 4.65 Å². The van der Waals surface area contributed by atoms with Crippen molar-refractivity contribution in [1.82, 2.24) is 15.1 Å². The number of sulfone groups is 1. The summed E-state index contributed by atoms with van der Waals surface area (Å²) in [6, 6.07) is 3.37. The Balaban J connectivity index is 1.73. The lowest BCUT2D eigenvalue weighted by Gasteiger charge is -2.33. The number of rotatable bonds is 8. The number of fused-ring (bicyclic) bond motifs is 1. The van der Waals surface area contributed by atoms with Gasteiger partial charge >= 0.3 is 25.0 Å². The third-order valence-electron chi connectivity index (χ3n) is 6.28.